The predicted octanol–water partition coefficient (Wildman–Crippen LogP) is 5.26. The highest BCUT2D eigenvalue weighted by Crippen LogP contribution is 2.24. The molecule has 3 aromatic carbocycles. The number of rotatable bonds is 6. The molecule has 0 spiro atoms. The SMILES string of the molecule is CCOc1ccc2oc(C(=O)N/N=C/c3ccc(-c4ccccc4)cc3)cc2c1. The Labute approximate surface area is 168 Å². The van der Waals surface area contributed by atoms with E-state index in [2.05, 4.69) is 22.7 Å². The van der Waals surface area contributed by atoms with Crippen LogP contribution < -0.4 is 10.2 Å². The monoisotopic (exact) mass is 384 g/mol. The van der Waals surface area contributed by atoms with Crippen LogP contribution in [0.1, 0.15) is 23.0 Å². The summed E-state index contributed by atoms with van der Waals surface area (Å²) in [5.41, 5.74) is 6.29. The molecule has 0 aliphatic heterocycles. The summed E-state index contributed by atoms with van der Waals surface area (Å²) in [5.74, 6) is 0.534. The minimum absolute atomic E-state index is 0.199. The van der Waals surface area contributed by atoms with Crippen LogP contribution in [0.2, 0.25) is 0 Å². The van der Waals surface area contributed by atoms with Crippen LogP contribution in [0.25, 0.3) is 22.1 Å². The molecule has 1 heterocycles. The minimum atomic E-state index is -0.406. The molecule has 0 unspecified atom stereocenters. The Hall–Kier alpha value is -3.86. The van der Waals surface area contributed by atoms with Crippen molar-refractivity contribution in [3.63, 3.8) is 0 Å². The topological polar surface area (TPSA) is 63.8 Å². The zero-order chi connectivity index (χ0) is 20.1. The summed E-state index contributed by atoms with van der Waals surface area (Å²) in [6.45, 7) is 2.50. The number of carbonyl (C=O) groups is 1. The number of hydrazone groups is 1. The zero-order valence-corrected chi connectivity index (χ0v) is 16.0. The molecule has 0 bridgehead atoms. The first-order chi connectivity index (χ1) is 14.2. The summed E-state index contributed by atoms with van der Waals surface area (Å²) < 4.78 is 11.1. The van der Waals surface area contributed by atoms with Crippen molar-refractivity contribution in [2.24, 2.45) is 5.10 Å². The highest BCUT2D eigenvalue weighted by Gasteiger charge is 2.12. The maximum atomic E-state index is 12.3. The van der Waals surface area contributed by atoms with Crippen molar-refractivity contribution in [2.45, 2.75) is 6.92 Å². The lowest BCUT2D eigenvalue weighted by Crippen LogP contribution is -2.16. The first kappa shape index (κ1) is 18.5. The second-order valence-electron chi connectivity index (χ2n) is 6.43. The van der Waals surface area contributed by atoms with Gasteiger partial charge in [-0.25, -0.2) is 5.43 Å². The maximum Gasteiger partial charge on any atom is 0.307 e. The highest BCUT2D eigenvalue weighted by atomic mass is 16.5. The summed E-state index contributed by atoms with van der Waals surface area (Å²) in [7, 11) is 0. The van der Waals surface area contributed by atoms with Gasteiger partial charge < -0.3 is 9.15 Å². The van der Waals surface area contributed by atoms with Gasteiger partial charge in [0.15, 0.2) is 5.76 Å². The van der Waals surface area contributed by atoms with Gasteiger partial charge in [0.05, 0.1) is 12.8 Å². The average molecular weight is 384 g/mol. The van der Waals surface area contributed by atoms with Gasteiger partial charge in [-0.05, 0) is 47.9 Å². The first-order valence-corrected chi connectivity index (χ1v) is 9.38. The molecule has 0 aliphatic carbocycles. The highest BCUT2D eigenvalue weighted by molar-refractivity contribution is 5.96. The van der Waals surface area contributed by atoms with Crippen LogP contribution >= 0.6 is 0 Å². The molecule has 0 saturated heterocycles. The van der Waals surface area contributed by atoms with E-state index >= 15 is 0 Å². The van der Waals surface area contributed by atoms with E-state index in [-0.39, 0.29) is 5.76 Å². The Balaban J connectivity index is 1.41. The zero-order valence-electron chi connectivity index (χ0n) is 16.0. The van der Waals surface area contributed by atoms with E-state index in [1.165, 1.54) is 0 Å². The molecule has 1 N–H and O–H groups in total. The molecule has 0 fully saturated rings. The van der Waals surface area contributed by atoms with Crippen molar-refractivity contribution in [3.05, 3.63) is 90.2 Å². The van der Waals surface area contributed by atoms with E-state index in [0.29, 0.717) is 12.2 Å². The second-order valence-corrected chi connectivity index (χ2v) is 6.43. The largest absolute Gasteiger partial charge is 0.494 e. The summed E-state index contributed by atoms with van der Waals surface area (Å²) in [6, 6.07) is 25.2. The van der Waals surface area contributed by atoms with Crippen molar-refractivity contribution >= 4 is 23.1 Å². The van der Waals surface area contributed by atoms with E-state index in [4.69, 9.17) is 9.15 Å². The first-order valence-electron chi connectivity index (χ1n) is 9.38. The molecule has 1 aromatic heterocycles. The Morgan fingerprint density at radius 3 is 2.52 bits per heavy atom. The van der Waals surface area contributed by atoms with Crippen molar-refractivity contribution in [2.75, 3.05) is 6.61 Å². The van der Waals surface area contributed by atoms with E-state index in [9.17, 15) is 4.79 Å². The van der Waals surface area contributed by atoms with Crippen LogP contribution in [-0.4, -0.2) is 18.7 Å². The van der Waals surface area contributed by atoms with Gasteiger partial charge in [0.2, 0.25) is 0 Å². The number of hydrogen-bond donors (Lipinski definition) is 1. The standard InChI is InChI=1S/C24H20N2O3/c1-2-28-21-12-13-22-20(14-21)15-23(29-22)24(27)26-25-16-17-8-10-19(11-9-17)18-6-4-3-5-7-18/h3-16H,2H2,1H3,(H,26,27)/b25-16+. The smallest absolute Gasteiger partial charge is 0.307 e. The lowest BCUT2D eigenvalue weighted by atomic mass is 10.0. The molecule has 4 rings (SSSR count). The van der Waals surface area contributed by atoms with Crippen molar-refractivity contribution in [3.8, 4) is 16.9 Å². The van der Waals surface area contributed by atoms with Gasteiger partial charge in [-0.3, -0.25) is 4.79 Å². The Bertz CT molecular complexity index is 1150. The Kier molecular flexibility index (Phi) is 5.38. The summed E-state index contributed by atoms with van der Waals surface area (Å²) in [5, 5.41) is 4.84. The van der Waals surface area contributed by atoms with E-state index in [1.54, 1.807) is 18.3 Å². The number of nitrogens with one attached hydrogen (secondary N) is 1. The predicted molar refractivity (Wildman–Crippen MR) is 114 cm³/mol. The van der Waals surface area contributed by atoms with Gasteiger partial charge in [-0.15, -0.1) is 0 Å². The fourth-order valence-corrected chi connectivity index (χ4v) is 3.00. The quantitative estimate of drug-likeness (QED) is 0.364. The van der Waals surface area contributed by atoms with E-state index in [1.807, 2.05) is 61.5 Å². The lowest BCUT2D eigenvalue weighted by Gasteiger charge is -2.01. The number of nitrogens with zero attached hydrogens (tertiary/aromatic N) is 1. The van der Waals surface area contributed by atoms with Crippen LogP contribution in [-0.2, 0) is 0 Å². The van der Waals surface area contributed by atoms with Gasteiger partial charge in [0.1, 0.15) is 11.3 Å². The molecule has 1 amide bonds. The number of ether oxygens (including phenoxy) is 1. The average Bonchev–Trinajstić information content (AvgIpc) is 3.19. The fourth-order valence-electron chi connectivity index (χ4n) is 3.00. The molecule has 0 radical (unpaired) electrons. The van der Waals surface area contributed by atoms with Crippen molar-refractivity contribution < 1.29 is 13.9 Å². The third kappa shape index (κ3) is 4.35. The van der Waals surface area contributed by atoms with Crippen molar-refractivity contribution in [1.82, 2.24) is 5.43 Å². The third-order valence-corrected chi connectivity index (χ3v) is 4.42. The molecular formula is C24H20N2O3. The molecule has 0 saturated carbocycles. The normalized spacial score (nSPS) is 11.1. The van der Waals surface area contributed by atoms with E-state index < -0.39 is 5.91 Å². The number of amides is 1. The van der Waals surface area contributed by atoms with Crippen LogP contribution in [0.3, 0.4) is 0 Å². The van der Waals surface area contributed by atoms with Gasteiger partial charge in [0, 0.05) is 5.39 Å². The molecule has 0 atom stereocenters. The Morgan fingerprint density at radius 1 is 1.00 bits per heavy atom. The summed E-state index contributed by atoms with van der Waals surface area (Å²) in [6.07, 6.45) is 1.60. The summed E-state index contributed by atoms with van der Waals surface area (Å²) in [4.78, 5) is 12.3. The molecule has 29 heavy (non-hydrogen) atoms. The molecule has 4 aromatic rings. The van der Waals surface area contributed by atoms with Crippen LogP contribution in [0, 0.1) is 0 Å². The minimum Gasteiger partial charge on any atom is -0.494 e. The fraction of sp³-hybridized carbons (Fsp3) is 0.0833. The summed E-state index contributed by atoms with van der Waals surface area (Å²) >= 11 is 0. The van der Waals surface area contributed by atoms with Gasteiger partial charge in [-0.2, -0.15) is 5.10 Å². The lowest BCUT2D eigenvalue weighted by molar-refractivity contribution is 0.0929. The van der Waals surface area contributed by atoms with Crippen LogP contribution in [0.4, 0.5) is 0 Å². The number of fused-ring (bicyclic) bond motifs is 1. The van der Waals surface area contributed by atoms with Gasteiger partial charge in [-0.1, -0.05) is 54.6 Å². The van der Waals surface area contributed by atoms with Crippen LogP contribution in [0.5, 0.6) is 5.75 Å². The maximum absolute atomic E-state index is 12.3. The molecule has 144 valence electrons. The number of carbonyl (C=O) groups excluding carboxylic acids is 1. The molecule has 5 heteroatoms. The second kappa shape index (κ2) is 8.44. The number of benzene rings is 3. The number of hydrogen-bond acceptors (Lipinski definition) is 4. The number of furan rings is 1. The molecule has 5 nitrogen and oxygen atoms in total. The van der Waals surface area contributed by atoms with Crippen molar-refractivity contribution in [1.29, 1.82) is 0 Å². The Morgan fingerprint density at radius 2 is 1.76 bits per heavy atom. The molecular weight excluding hydrogens is 364 g/mol. The van der Waals surface area contributed by atoms with Gasteiger partial charge >= 0.3 is 5.91 Å². The molecule has 0 aliphatic rings. The third-order valence-electron chi connectivity index (χ3n) is 4.42. The van der Waals surface area contributed by atoms with E-state index in [0.717, 1.165) is 27.8 Å². The van der Waals surface area contributed by atoms with Crippen LogP contribution in [0.15, 0.2) is 88.4 Å². The van der Waals surface area contributed by atoms with Gasteiger partial charge in [0.25, 0.3) is 0 Å².